The van der Waals surface area contributed by atoms with Gasteiger partial charge in [-0.25, -0.2) is 23.4 Å². The molecule has 0 aliphatic heterocycles. The lowest BCUT2D eigenvalue weighted by Crippen LogP contribution is -2.11. The van der Waals surface area contributed by atoms with E-state index in [0.717, 1.165) is 17.8 Å². The number of pyridine rings is 1. The number of alkyl halides is 3. The molecule has 0 spiro atoms. The van der Waals surface area contributed by atoms with Crippen LogP contribution >= 0.6 is 0 Å². The molecule has 176 valence electrons. The van der Waals surface area contributed by atoms with Gasteiger partial charge in [-0.1, -0.05) is 31.2 Å². The van der Waals surface area contributed by atoms with Crippen molar-refractivity contribution in [3.05, 3.63) is 47.8 Å². The van der Waals surface area contributed by atoms with Crippen molar-refractivity contribution in [3.63, 3.8) is 0 Å². The van der Waals surface area contributed by atoms with Crippen molar-refractivity contribution in [2.45, 2.75) is 24.5 Å². The number of imidazole rings is 2. The Hall–Kier alpha value is -3.72. The molecule has 3 heterocycles. The first-order valence-corrected chi connectivity index (χ1v) is 11.8. The van der Waals surface area contributed by atoms with Crippen molar-refractivity contribution < 1.29 is 21.6 Å². The average Bonchev–Trinajstić information content (AvgIpc) is 3.31. The SMILES string of the molecule is CCS(=O)(=O)c1c(-c2nc3cc(C(F)(F)F)ncc3n2C)nc(-c2ccc(CC#N)cc2)n1C. The van der Waals surface area contributed by atoms with Crippen LogP contribution in [-0.4, -0.2) is 38.3 Å². The molecule has 1 aromatic carbocycles. The zero-order chi connectivity index (χ0) is 24.8. The normalized spacial score (nSPS) is 12.3. The molecular formula is C22H19F3N6O2S. The Bertz CT molecular complexity index is 1540. The number of halogens is 3. The van der Waals surface area contributed by atoms with Crippen LogP contribution in [0, 0.1) is 11.3 Å². The number of rotatable bonds is 5. The van der Waals surface area contributed by atoms with E-state index >= 15 is 0 Å². The maximum Gasteiger partial charge on any atom is 0.433 e. The van der Waals surface area contributed by atoms with Gasteiger partial charge < -0.3 is 9.13 Å². The maximum absolute atomic E-state index is 13.1. The number of aryl methyl sites for hydroxylation is 1. The summed E-state index contributed by atoms with van der Waals surface area (Å²) in [4.78, 5) is 12.3. The van der Waals surface area contributed by atoms with Crippen LogP contribution in [0.25, 0.3) is 33.9 Å². The Morgan fingerprint density at radius 2 is 1.74 bits per heavy atom. The second-order valence-electron chi connectivity index (χ2n) is 7.63. The van der Waals surface area contributed by atoms with Crippen molar-refractivity contribution in [2.24, 2.45) is 14.1 Å². The molecule has 0 saturated carbocycles. The van der Waals surface area contributed by atoms with Gasteiger partial charge >= 0.3 is 6.18 Å². The number of hydrogen-bond donors (Lipinski definition) is 0. The van der Waals surface area contributed by atoms with E-state index < -0.39 is 21.7 Å². The van der Waals surface area contributed by atoms with Crippen molar-refractivity contribution in [1.82, 2.24) is 24.1 Å². The first-order valence-electron chi connectivity index (χ1n) is 10.1. The number of nitrogens with zero attached hydrogens (tertiary/aromatic N) is 6. The lowest BCUT2D eigenvalue weighted by molar-refractivity contribution is -0.141. The van der Waals surface area contributed by atoms with Crippen LogP contribution < -0.4 is 0 Å². The summed E-state index contributed by atoms with van der Waals surface area (Å²) < 4.78 is 68.3. The molecule has 3 aromatic heterocycles. The van der Waals surface area contributed by atoms with Crippen LogP contribution in [0.4, 0.5) is 13.2 Å². The minimum atomic E-state index is -4.64. The second-order valence-corrected chi connectivity index (χ2v) is 9.83. The molecular weight excluding hydrogens is 469 g/mol. The van der Waals surface area contributed by atoms with Gasteiger partial charge in [0.2, 0.25) is 0 Å². The highest BCUT2D eigenvalue weighted by Crippen LogP contribution is 2.35. The fourth-order valence-electron chi connectivity index (χ4n) is 3.70. The number of hydrogen-bond acceptors (Lipinski definition) is 6. The molecule has 0 radical (unpaired) electrons. The predicted molar refractivity (Wildman–Crippen MR) is 118 cm³/mol. The van der Waals surface area contributed by atoms with Crippen LogP contribution in [0.2, 0.25) is 0 Å². The van der Waals surface area contributed by atoms with E-state index in [0.29, 0.717) is 16.9 Å². The quantitative estimate of drug-likeness (QED) is 0.422. The highest BCUT2D eigenvalue weighted by molar-refractivity contribution is 7.91. The fourth-order valence-corrected chi connectivity index (χ4v) is 4.91. The fraction of sp³-hybridized carbons (Fsp3) is 0.273. The van der Waals surface area contributed by atoms with Gasteiger partial charge in [0.05, 0.1) is 35.5 Å². The Kier molecular flexibility index (Phi) is 5.69. The lowest BCUT2D eigenvalue weighted by atomic mass is 10.1. The zero-order valence-corrected chi connectivity index (χ0v) is 19.2. The molecule has 0 aliphatic rings. The molecule has 0 amide bonds. The standard InChI is InChI=1S/C22H19F3N6O2S/c1-4-34(32,33)21-18(29-19(31(21)3)14-7-5-13(6-8-14)9-10-26)20-28-15-11-17(22(23,24)25)27-12-16(15)30(20)2/h5-8,11-12H,4,9H2,1-3H3. The third-order valence-electron chi connectivity index (χ3n) is 5.48. The second kappa shape index (κ2) is 8.25. The first-order chi connectivity index (χ1) is 16.0. The molecule has 0 aliphatic carbocycles. The molecule has 0 bridgehead atoms. The number of fused-ring (bicyclic) bond motifs is 1. The smallest absolute Gasteiger partial charge is 0.324 e. The van der Waals surface area contributed by atoms with Crippen molar-refractivity contribution in [1.29, 1.82) is 5.26 Å². The average molecular weight is 488 g/mol. The molecule has 0 fully saturated rings. The van der Waals surface area contributed by atoms with Crippen LogP contribution in [-0.2, 0) is 36.5 Å². The summed E-state index contributed by atoms with van der Waals surface area (Å²) in [6.07, 6.45) is -3.35. The summed E-state index contributed by atoms with van der Waals surface area (Å²) in [7, 11) is -0.667. The summed E-state index contributed by atoms with van der Waals surface area (Å²) >= 11 is 0. The number of benzene rings is 1. The molecule has 0 unspecified atom stereocenters. The summed E-state index contributed by atoms with van der Waals surface area (Å²) in [6.45, 7) is 1.50. The van der Waals surface area contributed by atoms with E-state index in [4.69, 9.17) is 5.26 Å². The Morgan fingerprint density at radius 3 is 2.32 bits per heavy atom. The Labute approximate surface area is 193 Å². The largest absolute Gasteiger partial charge is 0.433 e. The Balaban J connectivity index is 1.96. The molecule has 34 heavy (non-hydrogen) atoms. The van der Waals surface area contributed by atoms with E-state index in [9.17, 15) is 21.6 Å². The summed E-state index contributed by atoms with van der Waals surface area (Å²) in [5, 5.41) is 8.78. The molecule has 0 N–H and O–H groups in total. The molecule has 4 aromatic rings. The van der Waals surface area contributed by atoms with E-state index in [1.807, 2.05) is 0 Å². The van der Waals surface area contributed by atoms with Gasteiger partial charge in [-0.2, -0.15) is 18.4 Å². The lowest BCUT2D eigenvalue weighted by Gasteiger charge is -2.08. The van der Waals surface area contributed by atoms with E-state index in [1.165, 1.54) is 16.1 Å². The van der Waals surface area contributed by atoms with Crippen LogP contribution in [0.3, 0.4) is 0 Å². The van der Waals surface area contributed by atoms with E-state index in [-0.39, 0.29) is 34.2 Å². The molecule has 4 rings (SSSR count). The topological polar surface area (TPSA) is 106 Å². The third kappa shape index (κ3) is 3.92. The summed E-state index contributed by atoms with van der Waals surface area (Å²) in [5.41, 5.74) is 0.676. The van der Waals surface area contributed by atoms with Gasteiger partial charge in [0.1, 0.15) is 17.2 Å². The number of sulfone groups is 1. The van der Waals surface area contributed by atoms with Crippen LogP contribution in [0.1, 0.15) is 18.2 Å². The predicted octanol–water partition coefficient (Wildman–Crippen LogP) is 3.91. The number of nitriles is 1. The molecule has 8 nitrogen and oxygen atoms in total. The van der Waals surface area contributed by atoms with Crippen molar-refractivity contribution >= 4 is 20.9 Å². The van der Waals surface area contributed by atoms with Gasteiger partial charge in [0, 0.05) is 19.7 Å². The van der Waals surface area contributed by atoms with E-state index in [2.05, 4.69) is 21.0 Å². The van der Waals surface area contributed by atoms with Gasteiger partial charge in [0.25, 0.3) is 0 Å². The van der Waals surface area contributed by atoms with Crippen LogP contribution in [0.5, 0.6) is 0 Å². The van der Waals surface area contributed by atoms with Crippen molar-refractivity contribution in [2.75, 3.05) is 5.75 Å². The van der Waals surface area contributed by atoms with Gasteiger partial charge in [-0.15, -0.1) is 0 Å². The number of aromatic nitrogens is 5. The highest BCUT2D eigenvalue weighted by Gasteiger charge is 2.34. The van der Waals surface area contributed by atoms with Gasteiger partial charge in [0.15, 0.2) is 20.7 Å². The minimum Gasteiger partial charge on any atom is -0.324 e. The summed E-state index contributed by atoms with van der Waals surface area (Å²) in [6, 6.07) is 9.85. The van der Waals surface area contributed by atoms with Gasteiger partial charge in [-0.05, 0) is 11.6 Å². The van der Waals surface area contributed by atoms with Crippen molar-refractivity contribution in [3.8, 4) is 29.0 Å². The summed E-state index contributed by atoms with van der Waals surface area (Å²) in [5.74, 6) is 0.238. The molecule has 0 saturated heterocycles. The maximum atomic E-state index is 13.1. The minimum absolute atomic E-state index is 0.0210. The Morgan fingerprint density at radius 1 is 1.06 bits per heavy atom. The van der Waals surface area contributed by atoms with E-state index in [1.54, 1.807) is 38.4 Å². The van der Waals surface area contributed by atoms with Crippen LogP contribution in [0.15, 0.2) is 41.6 Å². The first kappa shape index (κ1) is 23.4. The molecule has 12 heteroatoms. The zero-order valence-electron chi connectivity index (χ0n) is 18.4. The third-order valence-corrected chi connectivity index (χ3v) is 7.30. The van der Waals surface area contributed by atoms with Gasteiger partial charge in [-0.3, -0.25) is 0 Å². The highest BCUT2D eigenvalue weighted by atomic mass is 32.2. The molecule has 0 atom stereocenters. The monoisotopic (exact) mass is 488 g/mol.